The SMILES string of the molecule is Cc1cc(C(C)(O)CNCc2c(C)nn(C)c2C)c(C)o1. The van der Waals surface area contributed by atoms with Gasteiger partial charge in [-0.1, -0.05) is 0 Å². The first-order valence-corrected chi connectivity index (χ1v) is 7.22. The summed E-state index contributed by atoms with van der Waals surface area (Å²) >= 11 is 0. The Hall–Kier alpha value is -1.59. The van der Waals surface area contributed by atoms with E-state index in [1.165, 1.54) is 5.56 Å². The van der Waals surface area contributed by atoms with Gasteiger partial charge < -0.3 is 14.8 Å². The molecule has 116 valence electrons. The molecule has 21 heavy (non-hydrogen) atoms. The van der Waals surface area contributed by atoms with Gasteiger partial charge in [0.05, 0.1) is 5.69 Å². The maximum Gasteiger partial charge on any atom is 0.107 e. The smallest absolute Gasteiger partial charge is 0.107 e. The molecule has 0 saturated heterocycles. The summed E-state index contributed by atoms with van der Waals surface area (Å²) in [5.41, 5.74) is 3.25. The highest BCUT2D eigenvalue weighted by molar-refractivity contribution is 5.27. The molecule has 0 bridgehead atoms. The molecule has 0 fully saturated rings. The van der Waals surface area contributed by atoms with Crippen molar-refractivity contribution in [3.05, 3.63) is 40.1 Å². The van der Waals surface area contributed by atoms with Crippen LogP contribution in [-0.2, 0) is 19.2 Å². The number of aliphatic hydroxyl groups is 1. The van der Waals surface area contributed by atoms with E-state index in [-0.39, 0.29) is 0 Å². The molecule has 0 aliphatic rings. The number of hydrogen-bond acceptors (Lipinski definition) is 4. The first-order valence-electron chi connectivity index (χ1n) is 7.22. The number of hydrogen-bond donors (Lipinski definition) is 2. The van der Waals surface area contributed by atoms with Gasteiger partial charge in [-0.3, -0.25) is 4.68 Å². The van der Waals surface area contributed by atoms with E-state index in [0.29, 0.717) is 13.1 Å². The maximum atomic E-state index is 10.7. The lowest BCUT2D eigenvalue weighted by Crippen LogP contribution is -2.35. The van der Waals surface area contributed by atoms with Crippen molar-refractivity contribution in [3.63, 3.8) is 0 Å². The molecule has 2 aromatic heterocycles. The summed E-state index contributed by atoms with van der Waals surface area (Å²) in [7, 11) is 1.94. The fourth-order valence-electron chi connectivity index (χ4n) is 2.76. The van der Waals surface area contributed by atoms with Gasteiger partial charge in [-0.15, -0.1) is 0 Å². The second kappa shape index (κ2) is 5.66. The fraction of sp³-hybridized carbons (Fsp3) is 0.562. The summed E-state index contributed by atoms with van der Waals surface area (Å²) in [6, 6.07) is 1.90. The molecule has 0 spiro atoms. The Kier molecular flexibility index (Phi) is 4.25. The number of nitrogens with zero attached hydrogens (tertiary/aromatic N) is 2. The third-order valence-electron chi connectivity index (χ3n) is 4.05. The van der Waals surface area contributed by atoms with E-state index in [1.807, 2.05) is 38.6 Å². The molecular formula is C16H25N3O2. The predicted molar refractivity (Wildman–Crippen MR) is 82.1 cm³/mol. The lowest BCUT2D eigenvalue weighted by atomic mass is 9.96. The van der Waals surface area contributed by atoms with E-state index >= 15 is 0 Å². The van der Waals surface area contributed by atoms with Crippen molar-refractivity contribution in [2.24, 2.45) is 7.05 Å². The average Bonchev–Trinajstić information content (AvgIpc) is 2.83. The highest BCUT2D eigenvalue weighted by atomic mass is 16.3. The third-order valence-corrected chi connectivity index (χ3v) is 4.05. The van der Waals surface area contributed by atoms with Gasteiger partial charge in [-0.05, 0) is 40.7 Å². The summed E-state index contributed by atoms with van der Waals surface area (Å²) in [6.45, 7) is 10.8. The highest BCUT2D eigenvalue weighted by Crippen LogP contribution is 2.26. The summed E-state index contributed by atoms with van der Waals surface area (Å²) in [5.74, 6) is 1.59. The van der Waals surface area contributed by atoms with E-state index in [0.717, 1.165) is 28.5 Å². The van der Waals surface area contributed by atoms with Crippen molar-refractivity contribution in [1.29, 1.82) is 0 Å². The zero-order chi connectivity index (χ0) is 15.8. The van der Waals surface area contributed by atoms with Gasteiger partial charge in [-0.2, -0.15) is 5.10 Å². The lowest BCUT2D eigenvalue weighted by molar-refractivity contribution is 0.0551. The van der Waals surface area contributed by atoms with Crippen LogP contribution in [0.15, 0.2) is 10.5 Å². The van der Waals surface area contributed by atoms with Gasteiger partial charge in [0.15, 0.2) is 0 Å². The number of aryl methyl sites for hydroxylation is 4. The minimum Gasteiger partial charge on any atom is -0.466 e. The van der Waals surface area contributed by atoms with Gasteiger partial charge in [-0.25, -0.2) is 0 Å². The molecule has 5 nitrogen and oxygen atoms in total. The molecule has 0 saturated carbocycles. The highest BCUT2D eigenvalue weighted by Gasteiger charge is 2.27. The van der Waals surface area contributed by atoms with E-state index in [4.69, 9.17) is 4.42 Å². The van der Waals surface area contributed by atoms with Crippen LogP contribution in [0.4, 0.5) is 0 Å². The maximum absolute atomic E-state index is 10.7. The summed E-state index contributed by atoms with van der Waals surface area (Å²) in [6.07, 6.45) is 0. The van der Waals surface area contributed by atoms with Crippen molar-refractivity contribution in [2.75, 3.05) is 6.54 Å². The van der Waals surface area contributed by atoms with Crippen LogP contribution in [0.25, 0.3) is 0 Å². The average molecular weight is 291 g/mol. The first-order chi connectivity index (χ1) is 9.72. The van der Waals surface area contributed by atoms with Crippen LogP contribution in [0.3, 0.4) is 0 Å². The van der Waals surface area contributed by atoms with Crippen LogP contribution >= 0.6 is 0 Å². The third kappa shape index (κ3) is 3.19. The van der Waals surface area contributed by atoms with E-state index in [9.17, 15) is 5.11 Å². The molecule has 0 aromatic carbocycles. The van der Waals surface area contributed by atoms with Crippen molar-refractivity contribution in [1.82, 2.24) is 15.1 Å². The van der Waals surface area contributed by atoms with Crippen LogP contribution in [0.2, 0.25) is 0 Å². The van der Waals surface area contributed by atoms with Crippen molar-refractivity contribution < 1.29 is 9.52 Å². The molecule has 1 atom stereocenters. The van der Waals surface area contributed by atoms with Crippen molar-refractivity contribution in [3.8, 4) is 0 Å². The Bertz CT molecular complexity index is 638. The monoisotopic (exact) mass is 291 g/mol. The molecule has 0 aliphatic carbocycles. The number of nitrogens with one attached hydrogen (secondary N) is 1. The molecule has 2 rings (SSSR count). The van der Waals surface area contributed by atoms with E-state index < -0.39 is 5.60 Å². The summed E-state index contributed by atoms with van der Waals surface area (Å²) < 4.78 is 7.39. The Morgan fingerprint density at radius 3 is 2.48 bits per heavy atom. The van der Waals surface area contributed by atoms with Gasteiger partial charge in [0, 0.05) is 37.0 Å². The zero-order valence-electron chi connectivity index (χ0n) is 13.7. The number of rotatable bonds is 5. The van der Waals surface area contributed by atoms with Crippen LogP contribution in [0.5, 0.6) is 0 Å². The fourth-order valence-corrected chi connectivity index (χ4v) is 2.76. The number of aromatic nitrogens is 2. The van der Waals surface area contributed by atoms with Crippen molar-refractivity contribution >= 4 is 0 Å². The second-order valence-corrected chi connectivity index (χ2v) is 5.98. The quantitative estimate of drug-likeness (QED) is 0.887. The minimum absolute atomic E-state index is 0.459. The molecular weight excluding hydrogens is 266 g/mol. The summed E-state index contributed by atoms with van der Waals surface area (Å²) in [5, 5.41) is 18.4. The van der Waals surface area contributed by atoms with Crippen LogP contribution in [0, 0.1) is 27.7 Å². The van der Waals surface area contributed by atoms with Crippen molar-refractivity contribution in [2.45, 2.75) is 46.8 Å². The van der Waals surface area contributed by atoms with E-state index in [2.05, 4.69) is 17.3 Å². The molecule has 2 N–H and O–H groups in total. The van der Waals surface area contributed by atoms with Gasteiger partial charge in [0.25, 0.3) is 0 Å². The van der Waals surface area contributed by atoms with Gasteiger partial charge in [0.1, 0.15) is 17.1 Å². The molecule has 2 heterocycles. The van der Waals surface area contributed by atoms with Crippen LogP contribution < -0.4 is 5.32 Å². The molecule has 0 amide bonds. The largest absolute Gasteiger partial charge is 0.466 e. The van der Waals surface area contributed by atoms with Gasteiger partial charge in [0.2, 0.25) is 0 Å². The molecule has 0 radical (unpaired) electrons. The molecule has 1 unspecified atom stereocenters. The first kappa shape index (κ1) is 15.8. The predicted octanol–water partition coefficient (Wildman–Crippen LogP) is 2.24. The van der Waals surface area contributed by atoms with Crippen LogP contribution in [-0.4, -0.2) is 21.4 Å². The molecule has 2 aromatic rings. The zero-order valence-corrected chi connectivity index (χ0v) is 13.7. The Morgan fingerprint density at radius 1 is 1.33 bits per heavy atom. The normalized spacial score (nSPS) is 14.4. The number of furan rings is 1. The standard InChI is InChI=1S/C16H25N3O2/c1-10-7-15(13(4)21-10)16(5,20)9-17-8-14-11(2)18-19(6)12(14)3/h7,17,20H,8-9H2,1-6H3. The molecule has 5 heteroatoms. The Balaban J connectivity index is 2.04. The lowest BCUT2D eigenvalue weighted by Gasteiger charge is -2.23. The second-order valence-electron chi connectivity index (χ2n) is 5.98. The minimum atomic E-state index is -0.953. The topological polar surface area (TPSA) is 63.2 Å². The molecule has 0 aliphatic heterocycles. The van der Waals surface area contributed by atoms with E-state index in [1.54, 1.807) is 6.92 Å². The Morgan fingerprint density at radius 2 is 2.00 bits per heavy atom. The summed E-state index contributed by atoms with van der Waals surface area (Å²) in [4.78, 5) is 0. The Labute approximate surface area is 126 Å². The van der Waals surface area contributed by atoms with Crippen LogP contribution in [0.1, 0.15) is 41.0 Å². The van der Waals surface area contributed by atoms with Gasteiger partial charge >= 0.3 is 0 Å².